The van der Waals surface area contributed by atoms with Crippen LogP contribution >= 0.6 is 12.2 Å². The second-order valence-electron chi connectivity index (χ2n) is 5.19. The number of piperidine rings is 1. The fraction of sp³-hybridized carbons (Fsp3) is 0.538. The molecule has 2 rings (SSSR count). The molecular weight excluding hydrogens is 294 g/mol. The summed E-state index contributed by atoms with van der Waals surface area (Å²) in [5.41, 5.74) is 5.76. The van der Waals surface area contributed by atoms with E-state index in [0.717, 1.165) is 12.8 Å². The molecule has 0 amide bonds. The average molecular weight is 313 g/mol. The summed E-state index contributed by atoms with van der Waals surface area (Å²) in [6, 6.07) is 3.07. The van der Waals surface area contributed by atoms with Crippen LogP contribution in [-0.2, 0) is 10.0 Å². The number of aromatic nitrogens is 1. The van der Waals surface area contributed by atoms with E-state index in [1.165, 1.54) is 12.3 Å². The molecule has 1 saturated heterocycles. The summed E-state index contributed by atoms with van der Waals surface area (Å²) in [6.07, 6.45) is 3.41. The number of hydrogen-bond acceptors (Lipinski definition) is 4. The van der Waals surface area contributed by atoms with Crippen LogP contribution < -0.4 is 5.73 Å². The van der Waals surface area contributed by atoms with Crippen molar-refractivity contribution < 1.29 is 8.42 Å². The number of thiocarbonyl (C=S) groups is 1. The van der Waals surface area contributed by atoms with Crippen LogP contribution in [0.15, 0.2) is 23.2 Å². The molecule has 5 nitrogen and oxygen atoms in total. The van der Waals surface area contributed by atoms with E-state index in [1.54, 1.807) is 10.4 Å². The Morgan fingerprint density at radius 1 is 1.50 bits per heavy atom. The maximum atomic E-state index is 12.8. The highest BCUT2D eigenvalue weighted by molar-refractivity contribution is 7.89. The van der Waals surface area contributed by atoms with E-state index in [4.69, 9.17) is 18.0 Å². The fourth-order valence-corrected chi connectivity index (χ4v) is 4.70. The summed E-state index contributed by atoms with van der Waals surface area (Å²) >= 11 is 4.90. The van der Waals surface area contributed by atoms with Gasteiger partial charge in [0.05, 0.1) is 0 Å². The van der Waals surface area contributed by atoms with Gasteiger partial charge in [0.15, 0.2) is 0 Å². The lowest BCUT2D eigenvalue weighted by Crippen LogP contribution is -2.46. The van der Waals surface area contributed by atoms with Gasteiger partial charge in [-0.15, -0.1) is 0 Å². The lowest BCUT2D eigenvalue weighted by molar-refractivity contribution is 0.202. The number of hydrogen-bond donors (Lipinski definition) is 1. The normalized spacial score (nSPS) is 24.5. The van der Waals surface area contributed by atoms with Crippen LogP contribution in [0.25, 0.3) is 0 Å². The molecule has 1 aromatic heterocycles. The van der Waals surface area contributed by atoms with E-state index in [-0.39, 0.29) is 21.6 Å². The highest BCUT2D eigenvalue weighted by atomic mass is 32.2. The lowest BCUT2D eigenvalue weighted by atomic mass is 9.94. The Bertz CT molecular complexity index is 616. The van der Waals surface area contributed by atoms with Gasteiger partial charge in [-0.1, -0.05) is 19.1 Å². The van der Waals surface area contributed by atoms with Crippen LogP contribution in [-0.4, -0.2) is 35.3 Å². The number of nitrogens with two attached hydrogens (primary N) is 1. The molecule has 7 heteroatoms. The van der Waals surface area contributed by atoms with Crippen LogP contribution in [0.1, 0.15) is 32.4 Å². The van der Waals surface area contributed by atoms with Crippen molar-refractivity contribution in [3.05, 3.63) is 24.0 Å². The Morgan fingerprint density at radius 2 is 2.20 bits per heavy atom. The van der Waals surface area contributed by atoms with Crippen LogP contribution in [0.2, 0.25) is 0 Å². The van der Waals surface area contributed by atoms with E-state index in [9.17, 15) is 8.42 Å². The minimum atomic E-state index is -3.62. The molecule has 0 spiro atoms. The van der Waals surface area contributed by atoms with Gasteiger partial charge in [0.1, 0.15) is 15.6 Å². The van der Waals surface area contributed by atoms with Crippen molar-refractivity contribution in [2.24, 2.45) is 11.7 Å². The van der Waals surface area contributed by atoms with Crippen molar-refractivity contribution >= 4 is 27.2 Å². The molecule has 2 N–H and O–H groups in total. The molecule has 0 radical (unpaired) electrons. The van der Waals surface area contributed by atoms with Crippen molar-refractivity contribution in [1.29, 1.82) is 0 Å². The Kier molecular flexibility index (Phi) is 4.41. The molecule has 1 aliphatic rings. The molecule has 2 atom stereocenters. The molecule has 0 bridgehead atoms. The van der Waals surface area contributed by atoms with E-state index in [0.29, 0.717) is 12.5 Å². The molecule has 1 fully saturated rings. The quantitative estimate of drug-likeness (QED) is 0.856. The Hall–Kier alpha value is -1.05. The summed E-state index contributed by atoms with van der Waals surface area (Å²) in [5, 5.41) is 0. The number of nitrogens with zero attached hydrogens (tertiary/aromatic N) is 2. The number of pyridine rings is 1. The van der Waals surface area contributed by atoms with Gasteiger partial charge in [-0.25, -0.2) is 8.42 Å². The smallest absolute Gasteiger partial charge is 0.245 e. The third-order valence-electron chi connectivity index (χ3n) is 3.91. The van der Waals surface area contributed by atoms with Crippen molar-refractivity contribution in [2.75, 3.05) is 6.54 Å². The van der Waals surface area contributed by atoms with Gasteiger partial charge in [-0.3, -0.25) is 4.98 Å². The molecule has 20 heavy (non-hydrogen) atoms. The first kappa shape index (κ1) is 15.3. The first-order valence-electron chi connectivity index (χ1n) is 6.62. The minimum absolute atomic E-state index is 0.00175. The van der Waals surface area contributed by atoms with Gasteiger partial charge in [-0.05, 0) is 37.8 Å². The fourth-order valence-electron chi connectivity index (χ4n) is 2.55. The van der Waals surface area contributed by atoms with Gasteiger partial charge in [0.2, 0.25) is 10.0 Å². The molecule has 1 aromatic rings. The van der Waals surface area contributed by atoms with Crippen LogP contribution in [0.5, 0.6) is 0 Å². The van der Waals surface area contributed by atoms with Crippen molar-refractivity contribution in [3.8, 4) is 0 Å². The zero-order valence-electron chi connectivity index (χ0n) is 11.6. The highest BCUT2D eigenvalue weighted by Crippen LogP contribution is 2.29. The third kappa shape index (κ3) is 2.70. The van der Waals surface area contributed by atoms with Crippen LogP contribution in [0, 0.1) is 5.92 Å². The predicted octanol–water partition coefficient (Wildman–Crippen LogP) is 1.52. The zero-order valence-corrected chi connectivity index (χ0v) is 13.2. The number of rotatable bonds is 3. The largest absolute Gasteiger partial charge is 0.388 e. The summed E-state index contributed by atoms with van der Waals surface area (Å²) in [4.78, 5) is 4.12. The van der Waals surface area contributed by atoms with E-state index < -0.39 is 10.0 Å². The topological polar surface area (TPSA) is 76.3 Å². The Labute approximate surface area is 125 Å². The monoisotopic (exact) mass is 313 g/mol. The highest BCUT2D eigenvalue weighted by Gasteiger charge is 2.36. The van der Waals surface area contributed by atoms with Crippen LogP contribution in [0.4, 0.5) is 0 Å². The molecule has 0 saturated carbocycles. The van der Waals surface area contributed by atoms with Crippen molar-refractivity contribution in [3.63, 3.8) is 0 Å². The molecule has 110 valence electrons. The SMILES string of the molecule is CC1CCCN(S(=O)(=O)c2cccnc2C(N)=S)C1C. The van der Waals surface area contributed by atoms with Crippen LogP contribution in [0.3, 0.4) is 0 Å². The maximum absolute atomic E-state index is 12.8. The van der Waals surface area contributed by atoms with E-state index >= 15 is 0 Å². The second kappa shape index (κ2) is 5.75. The lowest BCUT2D eigenvalue weighted by Gasteiger charge is -2.36. The van der Waals surface area contributed by atoms with Gasteiger partial charge in [0, 0.05) is 18.8 Å². The van der Waals surface area contributed by atoms with E-state index in [1.807, 2.05) is 6.92 Å². The molecule has 0 aromatic carbocycles. The molecule has 2 heterocycles. The van der Waals surface area contributed by atoms with Gasteiger partial charge in [0.25, 0.3) is 0 Å². The minimum Gasteiger partial charge on any atom is -0.388 e. The molecule has 0 aliphatic carbocycles. The number of sulfonamides is 1. The van der Waals surface area contributed by atoms with Gasteiger partial charge < -0.3 is 5.73 Å². The average Bonchev–Trinajstić information content (AvgIpc) is 2.41. The molecule has 1 aliphatic heterocycles. The zero-order chi connectivity index (χ0) is 14.9. The summed E-state index contributed by atoms with van der Waals surface area (Å²) in [6.45, 7) is 4.54. The summed E-state index contributed by atoms with van der Waals surface area (Å²) < 4.78 is 27.2. The second-order valence-corrected chi connectivity index (χ2v) is 7.49. The first-order valence-corrected chi connectivity index (χ1v) is 8.47. The van der Waals surface area contributed by atoms with Gasteiger partial charge in [-0.2, -0.15) is 4.31 Å². The molecular formula is C13H19N3O2S2. The van der Waals surface area contributed by atoms with Crippen molar-refractivity contribution in [1.82, 2.24) is 9.29 Å². The summed E-state index contributed by atoms with van der Waals surface area (Å²) in [5.74, 6) is 0.337. The summed E-state index contributed by atoms with van der Waals surface area (Å²) in [7, 11) is -3.62. The Balaban J connectivity index is 2.48. The molecule has 2 unspecified atom stereocenters. The van der Waals surface area contributed by atoms with E-state index in [2.05, 4.69) is 11.9 Å². The Morgan fingerprint density at radius 3 is 2.85 bits per heavy atom. The standard InChI is InChI=1S/C13H19N3O2S2/c1-9-5-4-8-16(10(9)2)20(17,18)11-6-3-7-15-12(11)13(14)19/h3,6-7,9-10H,4-5,8H2,1-2H3,(H2,14,19). The predicted molar refractivity (Wildman–Crippen MR) is 81.9 cm³/mol. The third-order valence-corrected chi connectivity index (χ3v) is 6.12. The van der Waals surface area contributed by atoms with Crippen molar-refractivity contribution in [2.45, 2.75) is 37.6 Å². The van der Waals surface area contributed by atoms with Gasteiger partial charge >= 0.3 is 0 Å². The maximum Gasteiger partial charge on any atom is 0.245 e. The first-order chi connectivity index (χ1) is 9.35.